The molecule has 0 aliphatic carbocycles. The molecule has 4 aromatic rings. The maximum Gasteiger partial charge on any atom is 0.504 e. The van der Waals surface area contributed by atoms with E-state index in [1.807, 2.05) is 4.90 Å². The van der Waals surface area contributed by atoms with Crippen molar-refractivity contribution >= 4 is 17.3 Å². The number of nitrogens with two attached hydrogens (primary N) is 1. The molecule has 1 atom stereocenters. The summed E-state index contributed by atoms with van der Waals surface area (Å²) in [5, 5.41) is 6.36. The largest absolute Gasteiger partial charge is 0.504 e. The summed E-state index contributed by atoms with van der Waals surface area (Å²) >= 11 is 0. The van der Waals surface area contributed by atoms with Gasteiger partial charge in [0.05, 0.1) is 35.7 Å². The summed E-state index contributed by atoms with van der Waals surface area (Å²) in [4.78, 5) is 14.9. The Morgan fingerprint density at radius 2 is 1.93 bits per heavy atom. The lowest BCUT2D eigenvalue weighted by Crippen LogP contribution is -2.43. The van der Waals surface area contributed by atoms with Crippen LogP contribution in [0.15, 0.2) is 49.1 Å². The third kappa shape index (κ3) is 6.36. The van der Waals surface area contributed by atoms with E-state index in [0.29, 0.717) is 36.2 Å². The quantitative estimate of drug-likeness (QED) is 0.266. The van der Waals surface area contributed by atoms with E-state index in [1.54, 1.807) is 12.1 Å². The molecule has 1 aliphatic rings. The molecule has 4 heterocycles. The van der Waals surface area contributed by atoms with Crippen molar-refractivity contribution in [2.75, 3.05) is 30.4 Å². The maximum absolute atomic E-state index is 14.6. The number of aromatic nitrogens is 5. The lowest BCUT2D eigenvalue weighted by atomic mass is 10.0. The normalized spacial score (nSPS) is 15.3. The van der Waals surface area contributed by atoms with Crippen LogP contribution in [0.5, 0.6) is 5.75 Å². The summed E-state index contributed by atoms with van der Waals surface area (Å²) in [6, 6.07) is 4.95. The summed E-state index contributed by atoms with van der Waals surface area (Å²) in [6.45, 7) is 1.24. The van der Waals surface area contributed by atoms with Crippen LogP contribution in [0.3, 0.4) is 0 Å². The Morgan fingerprint density at radius 1 is 1.10 bits per heavy atom. The Balaban J connectivity index is 1.47. The van der Waals surface area contributed by atoms with Gasteiger partial charge in [0, 0.05) is 55.9 Å². The number of piperidine rings is 1. The molecule has 3 aromatic heterocycles. The molecule has 1 fully saturated rings. The SMILES string of the molecule is COc1cc(F)cc(F)c1-c1nccc(Nc2cc(N3CCC[C@H](N)C3)c(C#Cc3cnn(C(F)(F)F)c3)cn2)n1. The minimum atomic E-state index is -4.64. The van der Waals surface area contributed by atoms with Crippen LogP contribution in [0.2, 0.25) is 0 Å². The molecule has 0 radical (unpaired) electrons. The number of alkyl halides is 3. The van der Waals surface area contributed by atoms with Crippen molar-refractivity contribution in [3.8, 4) is 29.0 Å². The van der Waals surface area contributed by atoms with Crippen molar-refractivity contribution < 1.29 is 26.7 Å². The van der Waals surface area contributed by atoms with Crippen LogP contribution in [-0.4, -0.2) is 51.0 Å². The highest BCUT2D eigenvalue weighted by atomic mass is 19.4. The first kappa shape index (κ1) is 27.8. The van der Waals surface area contributed by atoms with Crippen LogP contribution in [-0.2, 0) is 6.30 Å². The number of ether oxygens (including phenoxy) is 1. The standard InChI is InChI=1S/C27H23F5N8O/c1-41-22-10-18(28)9-20(29)25(22)26-34-7-6-23(38-26)37-24-11-21(39-8-2-3-19(33)15-39)17(13-35-24)5-4-16-12-36-40(14-16)27(30,31)32/h6-7,9-14,19H,2-3,8,15,33H2,1H3,(H,34,35,37,38)/t19-/m0/s1. The summed E-state index contributed by atoms with van der Waals surface area (Å²) in [6.07, 6.45) is 1.79. The molecule has 5 rings (SSSR count). The molecule has 1 saturated heterocycles. The first-order valence-corrected chi connectivity index (χ1v) is 12.4. The molecule has 1 aliphatic heterocycles. The highest BCUT2D eigenvalue weighted by molar-refractivity contribution is 5.69. The minimum absolute atomic E-state index is 0.0338. The van der Waals surface area contributed by atoms with Gasteiger partial charge in [-0.15, -0.1) is 13.2 Å². The van der Waals surface area contributed by atoms with Crippen LogP contribution in [0, 0.1) is 23.5 Å². The highest BCUT2D eigenvalue weighted by Gasteiger charge is 2.31. The smallest absolute Gasteiger partial charge is 0.496 e. The minimum Gasteiger partial charge on any atom is -0.496 e. The van der Waals surface area contributed by atoms with Gasteiger partial charge in [0.25, 0.3) is 0 Å². The number of halogens is 5. The van der Waals surface area contributed by atoms with Gasteiger partial charge in [-0.3, -0.25) is 0 Å². The monoisotopic (exact) mass is 570 g/mol. The van der Waals surface area contributed by atoms with Crippen molar-refractivity contribution in [1.82, 2.24) is 24.7 Å². The molecule has 0 bridgehead atoms. The highest BCUT2D eigenvalue weighted by Crippen LogP contribution is 2.32. The number of hydrogen-bond acceptors (Lipinski definition) is 8. The maximum atomic E-state index is 14.6. The zero-order chi connectivity index (χ0) is 29.1. The summed E-state index contributed by atoms with van der Waals surface area (Å²) in [7, 11) is 1.28. The lowest BCUT2D eigenvalue weighted by molar-refractivity contribution is -0.212. The molecule has 0 amide bonds. The molecule has 0 spiro atoms. The Morgan fingerprint density at radius 3 is 2.66 bits per heavy atom. The fourth-order valence-corrected chi connectivity index (χ4v) is 4.37. The van der Waals surface area contributed by atoms with Crippen LogP contribution >= 0.6 is 0 Å². The fraction of sp³-hybridized carbons (Fsp3) is 0.259. The summed E-state index contributed by atoms with van der Waals surface area (Å²) in [5.41, 5.74) is 7.33. The number of rotatable bonds is 5. The molecule has 0 unspecified atom stereocenters. The second-order valence-electron chi connectivity index (χ2n) is 9.18. The Bertz CT molecular complexity index is 1630. The van der Waals surface area contributed by atoms with Gasteiger partial charge in [0.15, 0.2) is 5.82 Å². The van der Waals surface area contributed by atoms with Crippen LogP contribution < -0.4 is 20.7 Å². The van der Waals surface area contributed by atoms with E-state index in [9.17, 15) is 22.0 Å². The molecule has 0 saturated carbocycles. The van der Waals surface area contributed by atoms with Gasteiger partial charge in [-0.2, -0.15) is 9.78 Å². The summed E-state index contributed by atoms with van der Waals surface area (Å²) in [5.74, 6) is 4.46. The van der Waals surface area contributed by atoms with Crippen molar-refractivity contribution in [2.45, 2.75) is 25.2 Å². The summed E-state index contributed by atoms with van der Waals surface area (Å²) < 4.78 is 72.0. The van der Waals surface area contributed by atoms with Gasteiger partial charge in [0.2, 0.25) is 0 Å². The van der Waals surface area contributed by atoms with E-state index in [1.165, 1.54) is 19.5 Å². The number of pyridine rings is 1. The van der Waals surface area contributed by atoms with E-state index in [2.05, 4.69) is 37.2 Å². The topological polar surface area (TPSA) is 107 Å². The third-order valence-electron chi connectivity index (χ3n) is 6.24. The number of nitrogens with one attached hydrogen (secondary N) is 1. The zero-order valence-corrected chi connectivity index (χ0v) is 21.6. The van der Waals surface area contributed by atoms with Crippen molar-refractivity contribution in [1.29, 1.82) is 0 Å². The van der Waals surface area contributed by atoms with Crippen LogP contribution in [0.25, 0.3) is 11.4 Å². The number of benzene rings is 1. The van der Waals surface area contributed by atoms with E-state index >= 15 is 0 Å². The number of anilines is 3. The first-order valence-electron chi connectivity index (χ1n) is 12.4. The van der Waals surface area contributed by atoms with E-state index < -0.39 is 17.9 Å². The molecule has 14 heteroatoms. The van der Waals surface area contributed by atoms with Gasteiger partial charge in [0.1, 0.15) is 29.0 Å². The van der Waals surface area contributed by atoms with Crippen LogP contribution in [0.1, 0.15) is 24.0 Å². The van der Waals surface area contributed by atoms with E-state index in [-0.39, 0.29) is 39.2 Å². The Labute approximate surface area is 231 Å². The zero-order valence-electron chi connectivity index (χ0n) is 21.6. The second kappa shape index (κ2) is 11.4. The van der Waals surface area contributed by atoms with Gasteiger partial charge in [-0.25, -0.2) is 23.7 Å². The van der Waals surface area contributed by atoms with E-state index in [0.717, 1.165) is 31.3 Å². The molecule has 3 N–H and O–H groups in total. The van der Waals surface area contributed by atoms with Crippen LogP contribution in [0.4, 0.5) is 39.3 Å². The van der Waals surface area contributed by atoms with Gasteiger partial charge in [-0.05, 0) is 18.9 Å². The predicted molar refractivity (Wildman–Crippen MR) is 140 cm³/mol. The lowest BCUT2D eigenvalue weighted by Gasteiger charge is -2.33. The van der Waals surface area contributed by atoms with Crippen molar-refractivity contribution in [2.24, 2.45) is 5.73 Å². The number of methoxy groups -OCH3 is 1. The molecule has 41 heavy (non-hydrogen) atoms. The molecular weight excluding hydrogens is 547 g/mol. The first-order chi connectivity index (χ1) is 19.6. The predicted octanol–water partition coefficient (Wildman–Crippen LogP) is 4.57. The third-order valence-corrected chi connectivity index (χ3v) is 6.24. The molecular formula is C27H23F5N8O. The molecule has 1 aromatic carbocycles. The molecule has 9 nitrogen and oxygen atoms in total. The fourth-order valence-electron chi connectivity index (χ4n) is 4.37. The van der Waals surface area contributed by atoms with Gasteiger partial charge >= 0.3 is 6.30 Å². The van der Waals surface area contributed by atoms with Crippen molar-refractivity contribution in [3.63, 3.8) is 0 Å². The number of nitrogens with zero attached hydrogens (tertiary/aromatic N) is 6. The average molecular weight is 571 g/mol. The van der Waals surface area contributed by atoms with Gasteiger partial charge in [-0.1, -0.05) is 11.8 Å². The average Bonchev–Trinajstić information content (AvgIpc) is 3.42. The second-order valence-corrected chi connectivity index (χ2v) is 9.18. The van der Waals surface area contributed by atoms with E-state index in [4.69, 9.17) is 10.5 Å². The van der Waals surface area contributed by atoms with Gasteiger partial charge < -0.3 is 20.7 Å². The Kier molecular flexibility index (Phi) is 7.71. The Hall–Kier alpha value is -4.77. The molecule has 212 valence electrons. The van der Waals surface area contributed by atoms with Crippen molar-refractivity contribution in [3.05, 3.63) is 71.8 Å². The number of hydrogen-bond donors (Lipinski definition) is 2.